The Kier molecular flexibility index (Phi) is 8.68. The van der Waals surface area contributed by atoms with Crippen LogP contribution in [0.5, 0.6) is 0 Å². The maximum Gasteiger partial charge on any atom is 0.245 e. The minimum absolute atomic E-state index is 0.0167. The van der Waals surface area contributed by atoms with Gasteiger partial charge in [-0.05, 0) is 54.4 Å². The minimum Gasteiger partial charge on any atom is -0.326 e. The van der Waals surface area contributed by atoms with Crippen molar-refractivity contribution in [1.29, 1.82) is 0 Å². The van der Waals surface area contributed by atoms with Crippen LogP contribution in [0.3, 0.4) is 0 Å². The van der Waals surface area contributed by atoms with Gasteiger partial charge in [-0.3, -0.25) is 9.59 Å². The number of rotatable bonds is 9. The van der Waals surface area contributed by atoms with Crippen LogP contribution in [-0.2, 0) is 26.0 Å². The van der Waals surface area contributed by atoms with Gasteiger partial charge in [0.1, 0.15) is 4.90 Å². The Labute approximate surface area is 208 Å². The van der Waals surface area contributed by atoms with Crippen LogP contribution in [0.1, 0.15) is 12.5 Å². The summed E-state index contributed by atoms with van der Waals surface area (Å²) in [6.45, 7) is 1.03. The van der Waals surface area contributed by atoms with E-state index < -0.39 is 22.5 Å². The molecule has 0 fully saturated rings. The van der Waals surface area contributed by atoms with E-state index in [1.807, 2.05) is 30.3 Å². The van der Waals surface area contributed by atoms with Crippen molar-refractivity contribution in [3.63, 3.8) is 0 Å². The Morgan fingerprint density at radius 3 is 2.12 bits per heavy atom. The molecule has 3 rings (SSSR count). The van der Waals surface area contributed by atoms with Crippen LogP contribution in [0.4, 0.5) is 11.4 Å². The fraction of sp³-hybridized carbons (Fsp3) is 0.167. The Bertz CT molecular complexity index is 1270. The third-order valence-electron chi connectivity index (χ3n) is 4.81. The van der Waals surface area contributed by atoms with Crippen LogP contribution in [0.25, 0.3) is 0 Å². The molecule has 0 aromatic heterocycles. The average molecular weight is 520 g/mol. The van der Waals surface area contributed by atoms with Crippen molar-refractivity contribution in [3.05, 3.63) is 88.4 Å². The molecule has 7 nitrogen and oxygen atoms in total. The highest BCUT2D eigenvalue weighted by atomic mass is 35.5. The first-order valence-electron chi connectivity index (χ1n) is 10.3. The molecule has 0 aliphatic rings. The summed E-state index contributed by atoms with van der Waals surface area (Å²) in [4.78, 5) is 23.8. The molecule has 0 heterocycles. The molecule has 0 aliphatic heterocycles. The lowest BCUT2D eigenvalue weighted by atomic mass is 10.1. The predicted molar refractivity (Wildman–Crippen MR) is 135 cm³/mol. The second-order valence-corrected chi connectivity index (χ2v) is 10.2. The average Bonchev–Trinajstić information content (AvgIpc) is 2.79. The number of benzene rings is 3. The van der Waals surface area contributed by atoms with E-state index in [0.717, 1.165) is 9.87 Å². The molecule has 0 bridgehead atoms. The van der Waals surface area contributed by atoms with Crippen LogP contribution < -0.4 is 10.6 Å². The maximum absolute atomic E-state index is 13.4. The predicted octanol–water partition coefficient (Wildman–Crippen LogP) is 4.82. The van der Waals surface area contributed by atoms with E-state index in [1.54, 1.807) is 24.3 Å². The summed E-state index contributed by atoms with van der Waals surface area (Å²) in [6, 6.07) is 20.0. The van der Waals surface area contributed by atoms with Crippen molar-refractivity contribution in [2.75, 3.05) is 23.7 Å². The highest BCUT2D eigenvalue weighted by molar-refractivity contribution is 7.89. The molecule has 10 heteroatoms. The maximum atomic E-state index is 13.4. The summed E-state index contributed by atoms with van der Waals surface area (Å²) in [5.74, 6) is -0.738. The van der Waals surface area contributed by atoms with Gasteiger partial charge in [-0.1, -0.05) is 53.5 Å². The molecule has 34 heavy (non-hydrogen) atoms. The smallest absolute Gasteiger partial charge is 0.245 e. The van der Waals surface area contributed by atoms with Gasteiger partial charge in [0.2, 0.25) is 21.8 Å². The Morgan fingerprint density at radius 2 is 1.50 bits per heavy atom. The van der Waals surface area contributed by atoms with E-state index in [2.05, 4.69) is 10.6 Å². The first-order chi connectivity index (χ1) is 16.1. The van der Waals surface area contributed by atoms with E-state index in [-0.39, 0.29) is 27.4 Å². The van der Waals surface area contributed by atoms with Gasteiger partial charge in [0.15, 0.2) is 0 Å². The van der Waals surface area contributed by atoms with Crippen LogP contribution in [0, 0.1) is 0 Å². The molecule has 2 N–H and O–H groups in total. The molecule has 3 aromatic rings. The zero-order chi connectivity index (χ0) is 24.7. The number of nitrogens with one attached hydrogen (secondary N) is 2. The molecular formula is C24H23Cl2N3O4S. The van der Waals surface area contributed by atoms with Gasteiger partial charge in [0.05, 0.1) is 11.6 Å². The number of anilines is 2. The van der Waals surface area contributed by atoms with E-state index in [1.165, 1.54) is 25.1 Å². The molecule has 0 saturated heterocycles. The largest absolute Gasteiger partial charge is 0.326 e. The lowest BCUT2D eigenvalue weighted by molar-refractivity contribution is -0.116. The van der Waals surface area contributed by atoms with Crippen LogP contribution in [0.2, 0.25) is 10.0 Å². The lowest BCUT2D eigenvalue weighted by Crippen LogP contribution is -2.39. The summed E-state index contributed by atoms with van der Waals surface area (Å²) in [5.41, 5.74) is 1.96. The number of carbonyl (C=O) groups is 2. The van der Waals surface area contributed by atoms with Crippen molar-refractivity contribution in [1.82, 2.24) is 4.31 Å². The van der Waals surface area contributed by atoms with E-state index in [4.69, 9.17) is 23.2 Å². The molecule has 0 aliphatic carbocycles. The lowest BCUT2D eigenvalue weighted by Gasteiger charge is -2.22. The third-order valence-corrected chi connectivity index (χ3v) is 7.37. The normalized spacial score (nSPS) is 11.3. The molecule has 0 atom stereocenters. The van der Waals surface area contributed by atoms with Crippen LogP contribution >= 0.6 is 23.2 Å². The van der Waals surface area contributed by atoms with Crippen molar-refractivity contribution >= 4 is 56.4 Å². The summed E-state index contributed by atoms with van der Waals surface area (Å²) in [5, 5.41) is 5.55. The van der Waals surface area contributed by atoms with Gasteiger partial charge < -0.3 is 10.6 Å². The number of hydrogen-bond donors (Lipinski definition) is 2. The first-order valence-corrected chi connectivity index (χ1v) is 12.5. The van der Waals surface area contributed by atoms with Gasteiger partial charge in [-0.2, -0.15) is 4.31 Å². The third kappa shape index (κ3) is 7.04. The standard InChI is InChI=1S/C24H23Cl2N3O4S/c1-17(30)27-20-8-10-21(11-9-20)28-24(31)16-29(14-13-18-5-3-2-4-6-18)34(32,33)23-15-19(25)7-12-22(23)26/h2-12,15H,13-14,16H2,1H3,(H,27,30)(H,28,31). The summed E-state index contributed by atoms with van der Waals surface area (Å²) in [6.07, 6.45) is 0.400. The van der Waals surface area contributed by atoms with Gasteiger partial charge >= 0.3 is 0 Å². The fourth-order valence-corrected chi connectivity index (χ4v) is 5.33. The Morgan fingerprint density at radius 1 is 0.882 bits per heavy atom. The monoisotopic (exact) mass is 519 g/mol. The van der Waals surface area contributed by atoms with Crippen molar-refractivity contribution in [3.8, 4) is 0 Å². The number of amides is 2. The Hall–Kier alpha value is -2.91. The van der Waals surface area contributed by atoms with Gasteiger partial charge in [0, 0.05) is 29.9 Å². The van der Waals surface area contributed by atoms with Gasteiger partial charge in [-0.25, -0.2) is 8.42 Å². The molecule has 3 aromatic carbocycles. The zero-order valence-electron chi connectivity index (χ0n) is 18.3. The van der Waals surface area contributed by atoms with E-state index >= 15 is 0 Å². The molecule has 0 radical (unpaired) electrons. The quantitative estimate of drug-likeness (QED) is 0.423. The van der Waals surface area contributed by atoms with Crippen molar-refractivity contribution < 1.29 is 18.0 Å². The van der Waals surface area contributed by atoms with Crippen LogP contribution in [0.15, 0.2) is 77.7 Å². The molecule has 178 valence electrons. The zero-order valence-corrected chi connectivity index (χ0v) is 20.6. The molecule has 0 unspecified atom stereocenters. The highest BCUT2D eigenvalue weighted by Gasteiger charge is 2.29. The molecule has 0 saturated carbocycles. The van der Waals surface area contributed by atoms with Crippen LogP contribution in [-0.4, -0.2) is 37.6 Å². The molecule has 2 amide bonds. The number of nitrogens with zero attached hydrogens (tertiary/aromatic N) is 1. The van der Waals surface area contributed by atoms with Gasteiger partial charge in [-0.15, -0.1) is 0 Å². The van der Waals surface area contributed by atoms with E-state index in [0.29, 0.717) is 17.8 Å². The summed E-state index contributed by atoms with van der Waals surface area (Å²) < 4.78 is 27.9. The van der Waals surface area contributed by atoms with Crippen molar-refractivity contribution in [2.45, 2.75) is 18.2 Å². The second kappa shape index (κ2) is 11.5. The fourth-order valence-electron chi connectivity index (χ4n) is 3.20. The number of carbonyl (C=O) groups excluding carboxylic acids is 2. The number of sulfonamides is 1. The highest BCUT2D eigenvalue weighted by Crippen LogP contribution is 2.28. The number of hydrogen-bond acceptors (Lipinski definition) is 4. The molecule has 0 spiro atoms. The molecular weight excluding hydrogens is 497 g/mol. The minimum atomic E-state index is -4.12. The van der Waals surface area contributed by atoms with E-state index in [9.17, 15) is 18.0 Å². The number of halogens is 2. The summed E-state index contributed by atoms with van der Waals surface area (Å²) >= 11 is 12.2. The first kappa shape index (κ1) is 25.7. The SMILES string of the molecule is CC(=O)Nc1ccc(NC(=O)CN(CCc2ccccc2)S(=O)(=O)c2cc(Cl)ccc2Cl)cc1. The van der Waals surface area contributed by atoms with Gasteiger partial charge in [0.25, 0.3) is 0 Å². The second-order valence-electron chi connectivity index (χ2n) is 7.46. The topological polar surface area (TPSA) is 95.6 Å². The van der Waals surface area contributed by atoms with Crippen molar-refractivity contribution in [2.24, 2.45) is 0 Å². The summed E-state index contributed by atoms with van der Waals surface area (Å²) in [7, 11) is -4.12. The Balaban J connectivity index is 1.80.